The third-order valence-electron chi connectivity index (χ3n) is 3.39. The zero-order valence-electron chi connectivity index (χ0n) is 14.0. The summed E-state index contributed by atoms with van der Waals surface area (Å²) in [6.45, 7) is 3.28. The molecular weight excluding hydrogens is 294 g/mol. The molecule has 2 aromatic rings. The third-order valence-corrected chi connectivity index (χ3v) is 3.39. The van der Waals surface area contributed by atoms with Gasteiger partial charge in [0.1, 0.15) is 5.75 Å². The first kappa shape index (κ1) is 16.8. The Bertz CT molecular complexity index is 600. The first-order chi connectivity index (χ1) is 11.2. The molecule has 0 aromatic heterocycles. The van der Waals surface area contributed by atoms with Crippen LogP contribution in [-0.2, 0) is 6.54 Å². The first-order valence-electron chi connectivity index (χ1n) is 7.47. The van der Waals surface area contributed by atoms with Crippen LogP contribution in [0.5, 0.6) is 23.0 Å². The largest absolute Gasteiger partial charge is 0.494 e. The third kappa shape index (κ3) is 4.22. The van der Waals surface area contributed by atoms with E-state index in [-0.39, 0.29) is 0 Å². The molecule has 5 heteroatoms. The van der Waals surface area contributed by atoms with E-state index in [2.05, 4.69) is 5.32 Å². The van der Waals surface area contributed by atoms with Gasteiger partial charge >= 0.3 is 0 Å². The predicted octanol–water partition coefficient (Wildman–Crippen LogP) is 3.72. The minimum absolute atomic E-state index is 0.597. The van der Waals surface area contributed by atoms with Crippen molar-refractivity contribution >= 4 is 5.69 Å². The highest BCUT2D eigenvalue weighted by Crippen LogP contribution is 2.38. The molecule has 124 valence electrons. The summed E-state index contributed by atoms with van der Waals surface area (Å²) in [6.07, 6.45) is 0. The average Bonchev–Trinajstić information content (AvgIpc) is 2.60. The summed E-state index contributed by atoms with van der Waals surface area (Å²) in [7, 11) is 4.82. The van der Waals surface area contributed by atoms with Gasteiger partial charge in [0.2, 0.25) is 5.75 Å². The number of ether oxygens (including phenoxy) is 4. The monoisotopic (exact) mass is 317 g/mol. The molecule has 0 saturated carbocycles. The van der Waals surface area contributed by atoms with Crippen LogP contribution in [0.2, 0.25) is 0 Å². The van der Waals surface area contributed by atoms with E-state index in [9.17, 15) is 0 Å². The number of hydrogen-bond acceptors (Lipinski definition) is 5. The summed E-state index contributed by atoms with van der Waals surface area (Å²) in [6, 6.07) is 11.7. The molecule has 0 aliphatic rings. The molecule has 5 nitrogen and oxygen atoms in total. The number of hydrogen-bond donors (Lipinski definition) is 1. The lowest BCUT2D eigenvalue weighted by atomic mass is 10.1. The molecule has 0 bridgehead atoms. The van der Waals surface area contributed by atoms with Crippen LogP contribution in [0.4, 0.5) is 5.69 Å². The van der Waals surface area contributed by atoms with Crippen LogP contribution in [0.15, 0.2) is 36.4 Å². The van der Waals surface area contributed by atoms with Gasteiger partial charge in [-0.1, -0.05) is 0 Å². The molecule has 0 aliphatic carbocycles. The summed E-state index contributed by atoms with van der Waals surface area (Å²) in [5.74, 6) is 2.76. The van der Waals surface area contributed by atoms with Gasteiger partial charge in [0, 0.05) is 12.2 Å². The quantitative estimate of drug-likeness (QED) is 0.804. The minimum atomic E-state index is 0.597. The second-order valence-electron chi connectivity index (χ2n) is 4.84. The van der Waals surface area contributed by atoms with Crippen molar-refractivity contribution in [1.29, 1.82) is 0 Å². The Labute approximate surface area is 137 Å². The molecule has 2 aromatic carbocycles. The summed E-state index contributed by atoms with van der Waals surface area (Å²) >= 11 is 0. The van der Waals surface area contributed by atoms with Crippen LogP contribution < -0.4 is 24.3 Å². The fraction of sp³-hybridized carbons (Fsp3) is 0.333. The molecular formula is C18H23NO4. The molecule has 23 heavy (non-hydrogen) atoms. The Morgan fingerprint density at radius 2 is 1.48 bits per heavy atom. The van der Waals surface area contributed by atoms with Gasteiger partial charge in [-0.05, 0) is 48.9 Å². The van der Waals surface area contributed by atoms with Crippen molar-refractivity contribution in [2.45, 2.75) is 13.5 Å². The minimum Gasteiger partial charge on any atom is -0.494 e. The van der Waals surface area contributed by atoms with Gasteiger partial charge < -0.3 is 24.3 Å². The standard InChI is InChI=1S/C18H23NO4/c1-5-23-15-8-6-14(7-9-15)19-12-13-10-16(20-2)18(22-4)17(11-13)21-3/h6-11,19H,5,12H2,1-4H3. The zero-order valence-corrected chi connectivity index (χ0v) is 14.0. The molecule has 0 aliphatic heterocycles. The Morgan fingerprint density at radius 1 is 0.870 bits per heavy atom. The smallest absolute Gasteiger partial charge is 0.203 e. The van der Waals surface area contributed by atoms with Crippen LogP contribution in [-0.4, -0.2) is 27.9 Å². The number of nitrogens with one attached hydrogen (secondary N) is 1. The Hall–Kier alpha value is -2.56. The van der Waals surface area contributed by atoms with E-state index in [0.29, 0.717) is 30.4 Å². The summed E-state index contributed by atoms with van der Waals surface area (Å²) in [4.78, 5) is 0. The van der Waals surface area contributed by atoms with E-state index in [1.165, 1.54) is 0 Å². The molecule has 0 heterocycles. The number of methoxy groups -OCH3 is 3. The van der Waals surface area contributed by atoms with Gasteiger partial charge in [-0.2, -0.15) is 0 Å². The molecule has 0 saturated heterocycles. The van der Waals surface area contributed by atoms with Gasteiger partial charge in [0.05, 0.1) is 27.9 Å². The molecule has 2 rings (SSSR count). The van der Waals surface area contributed by atoms with E-state index < -0.39 is 0 Å². The van der Waals surface area contributed by atoms with Crippen LogP contribution in [0.1, 0.15) is 12.5 Å². The van der Waals surface area contributed by atoms with Crippen LogP contribution in [0.25, 0.3) is 0 Å². The highest BCUT2D eigenvalue weighted by atomic mass is 16.5. The van der Waals surface area contributed by atoms with Crippen molar-refractivity contribution in [1.82, 2.24) is 0 Å². The van der Waals surface area contributed by atoms with E-state index >= 15 is 0 Å². The average molecular weight is 317 g/mol. The van der Waals surface area contributed by atoms with Crippen LogP contribution in [0.3, 0.4) is 0 Å². The fourth-order valence-electron chi connectivity index (χ4n) is 2.28. The lowest BCUT2D eigenvalue weighted by Gasteiger charge is -2.15. The molecule has 0 amide bonds. The lowest BCUT2D eigenvalue weighted by Crippen LogP contribution is -2.02. The maximum absolute atomic E-state index is 5.43. The number of rotatable bonds is 8. The van der Waals surface area contributed by atoms with Crippen molar-refractivity contribution in [2.75, 3.05) is 33.3 Å². The van der Waals surface area contributed by atoms with Crippen molar-refractivity contribution in [3.05, 3.63) is 42.0 Å². The summed E-state index contributed by atoms with van der Waals surface area (Å²) in [5.41, 5.74) is 2.05. The first-order valence-corrected chi connectivity index (χ1v) is 7.47. The second kappa shape index (κ2) is 8.17. The van der Waals surface area contributed by atoms with Gasteiger partial charge in [-0.15, -0.1) is 0 Å². The van der Waals surface area contributed by atoms with Gasteiger partial charge in [-0.3, -0.25) is 0 Å². The Morgan fingerprint density at radius 3 is 1.96 bits per heavy atom. The Balaban J connectivity index is 2.10. The fourth-order valence-corrected chi connectivity index (χ4v) is 2.28. The van der Waals surface area contributed by atoms with E-state index in [1.54, 1.807) is 21.3 Å². The molecule has 0 atom stereocenters. The second-order valence-corrected chi connectivity index (χ2v) is 4.84. The van der Waals surface area contributed by atoms with Crippen molar-refractivity contribution in [2.24, 2.45) is 0 Å². The normalized spacial score (nSPS) is 10.1. The van der Waals surface area contributed by atoms with Gasteiger partial charge in [0.15, 0.2) is 11.5 Å². The summed E-state index contributed by atoms with van der Waals surface area (Å²) in [5, 5.41) is 3.36. The van der Waals surface area contributed by atoms with Gasteiger partial charge in [0.25, 0.3) is 0 Å². The topological polar surface area (TPSA) is 49.0 Å². The SMILES string of the molecule is CCOc1ccc(NCc2cc(OC)c(OC)c(OC)c2)cc1. The number of benzene rings is 2. The maximum Gasteiger partial charge on any atom is 0.203 e. The van der Waals surface area contributed by atoms with Crippen LogP contribution >= 0.6 is 0 Å². The summed E-state index contributed by atoms with van der Waals surface area (Å²) < 4.78 is 21.5. The van der Waals surface area contributed by atoms with Crippen LogP contribution in [0, 0.1) is 0 Å². The van der Waals surface area contributed by atoms with E-state index in [0.717, 1.165) is 17.0 Å². The predicted molar refractivity (Wildman–Crippen MR) is 91.0 cm³/mol. The highest BCUT2D eigenvalue weighted by Gasteiger charge is 2.12. The van der Waals surface area contributed by atoms with Crippen molar-refractivity contribution in [3.63, 3.8) is 0 Å². The Kier molecular flexibility index (Phi) is 5.97. The highest BCUT2D eigenvalue weighted by molar-refractivity contribution is 5.55. The lowest BCUT2D eigenvalue weighted by molar-refractivity contribution is 0.324. The maximum atomic E-state index is 5.43. The molecule has 0 spiro atoms. The molecule has 0 fully saturated rings. The van der Waals surface area contributed by atoms with E-state index in [4.69, 9.17) is 18.9 Å². The zero-order chi connectivity index (χ0) is 16.7. The van der Waals surface area contributed by atoms with Crippen molar-refractivity contribution in [3.8, 4) is 23.0 Å². The molecule has 0 unspecified atom stereocenters. The molecule has 0 radical (unpaired) electrons. The molecule has 1 N–H and O–H groups in total. The van der Waals surface area contributed by atoms with Crippen molar-refractivity contribution < 1.29 is 18.9 Å². The number of anilines is 1. The van der Waals surface area contributed by atoms with E-state index in [1.807, 2.05) is 43.3 Å². The van der Waals surface area contributed by atoms with Gasteiger partial charge in [-0.25, -0.2) is 0 Å².